The lowest BCUT2D eigenvalue weighted by molar-refractivity contribution is -0.111. The molecule has 1 aromatic rings. The van der Waals surface area contributed by atoms with Crippen LogP contribution in [0.3, 0.4) is 0 Å². The Morgan fingerprint density at radius 2 is 1.95 bits per heavy atom. The number of aromatic nitrogens is 1. The molecule has 2 aliphatic heterocycles. The van der Waals surface area contributed by atoms with Crippen molar-refractivity contribution in [1.29, 1.82) is 0 Å². The Hall–Kier alpha value is -3.75. The summed E-state index contributed by atoms with van der Waals surface area (Å²) in [6.45, 7) is 23.1. The number of ketones is 1. The second-order valence-electron chi connectivity index (χ2n) is 11.0. The van der Waals surface area contributed by atoms with Gasteiger partial charge in [0.25, 0.3) is 0 Å². The predicted molar refractivity (Wildman–Crippen MR) is 175 cm³/mol. The third-order valence-electron chi connectivity index (χ3n) is 8.13. The monoisotopic (exact) mass is 549 g/mol. The average molecular weight is 550 g/mol. The number of rotatable bonds is 9. The first-order valence-electron chi connectivity index (χ1n) is 15.0. The zero-order valence-electron chi connectivity index (χ0n) is 26.0. The van der Waals surface area contributed by atoms with Crippen LogP contribution in [0.1, 0.15) is 91.3 Å². The van der Waals surface area contributed by atoms with E-state index in [2.05, 4.69) is 81.6 Å². The summed E-state index contributed by atoms with van der Waals surface area (Å²) in [6, 6.07) is 4.01. The molecule has 1 atom stereocenters. The number of aliphatic imine (C=N–C) groups is 1. The fourth-order valence-electron chi connectivity index (χ4n) is 5.28. The molecule has 1 unspecified atom stereocenters. The van der Waals surface area contributed by atoms with Gasteiger partial charge in [-0.05, 0) is 106 Å². The molecular formula is C37H47N3O. The van der Waals surface area contributed by atoms with Crippen molar-refractivity contribution in [2.45, 2.75) is 80.1 Å². The van der Waals surface area contributed by atoms with Gasteiger partial charge in [0.05, 0.1) is 11.4 Å². The first-order valence-corrected chi connectivity index (χ1v) is 15.0. The molecule has 0 aliphatic carbocycles. The normalized spacial score (nSPS) is 19.0. The van der Waals surface area contributed by atoms with Gasteiger partial charge >= 0.3 is 0 Å². The van der Waals surface area contributed by atoms with E-state index in [1.807, 2.05) is 25.1 Å². The number of nitrogens with zero attached hydrogens (tertiary/aromatic N) is 3. The van der Waals surface area contributed by atoms with Gasteiger partial charge in [-0.2, -0.15) is 0 Å². The number of carbonyl (C=O) groups is 1. The smallest absolute Gasteiger partial charge is 0.183 e. The number of allylic oxidation sites excluding steroid dienone is 8. The maximum absolute atomic E-state index is 12.9. The van der Waals surface area contributed by atoms with E-state index in [0.717, 1.165) is 54.8 Å². The lowest BCUT2D eigenvalue weighted by atomic mass is 9.91. The van der Waals surface area contributed by atoms with E-state index < -0.39 is 0 Å². The van der Waals surface area contributed by atoms with Crippen molar-refractivity contribution in [3.05, 3.63) is 107 Å². The Balaban J connectivity index is 1.92. The fourth-order valence-corrected chi connectivity index (χ4v) is 5.28. The number of likely N-dealkylation sites (tertiary alicyclic amines) is 1. The number of carbonyl (C=O) groups excluding carboxylic acids is 1. The Bertz CT molecular complexity index is 1390. The van der Waals surface area contributed by atoms with Crippen molar-refractivity contribution in [3.63, 3.8) is 0 Å². The molecule has 2 aliphatic rings. The highest BCUT2D eigenvalue weighted by molar-refractivity contribution is 6.15. The van der Waals surface area contributed by atoms with E-state index in [1.54, 1.807) is 12.3 Å². The fraction of sp³-hybridized carbons (Fsp3) is 0.405. The van der Waals surface area contributed by atoms with Gasteiger partial charge < -0.3 is 4.90 Å². The molecule has 1 saturated heterocycles. The van der Waals surface area contributed by atoms with Crippen LogP contribution >= 0.6 is 0 Å². The lowest BCUT2D eigenvalue weighted by Crippen LogP contribution is -2.23. The Morgan fingerprint density at radius 3 is 2.63 bits per heavy atom. The number of hydrogen-bond donors (Lipinski definition) is 0. The molecule has 0 spiro atoms. The molecule has 0 radical (unpaired) electrons. The van der Waals surface area contributed by atoms with Gasteiger partial charge in [0.2, 0.25) is 0 Å². The van der Waals surface area contributed by atoms with Crippen LogP contribution in [0.5, 0.6) is 0 Å². The number of hydrogen-bond acceptors (Lipinski definition) is 4. The molecule has 0 aromatic carbocycles. The second kappa shape index (κ2) is 15.3. The summed E-state index contributed by atoms with van der Waals surface area (Å²) in [5, 5.41) is 0. The molecule has 3 heterocycles. The van der Waals surface area contributed by atoms with E-state index in [-0.39, 0.29) is 5.78 Å². The highest BCUT2D eigenvalue weighted by Gasteiger charge is 2.20. The van der Waals surface area contributed by atoms with Crippen LogP contribution in [0.25, 0.3) is 11.3 Å². The van der Waals surface area contributed by atoms with E-state index in [1.165, 1.54) is 29.7 Å². The molecular weight excluding hydrogens is 502 g/mol. The summed E-state index contributed by atoms with van der Waals surface area (Å²) in [7, 11) is 0. The summed E-state index contributed by atoms with van der Waals surface area (Å²) >= 11 is 0. The lowest BCUT2D eigenvalue weighted by Gasteiger charge is -2.24. The minimum absolute atomic E-state index is 0.107. The largest absolute Gasteiger partial charge is 0.371 e. The highest BCUT2D eigenvalue weighted by atomic mass is 16.1. The predicted octanol–water partition coefficient (Wildman–Crippen LogP) is 9.23. The molecule has 0 bridgehead atoms. The number of pyridine rings is 1. The van der Waals surface area contributed by atoms with Gasteiger partial charge in [0.1, 0.15) is 0 Å². The summed E-state index contributed by atoms with van der Waals surface area (Å²) in [5.74, 6) is 0.502. The van der Waals surface area contributed by atoms with E-state index in [4.69, 9.17) is 4.99 Å². The summed E-state index contributed by atoms with van der Waals surface area (Å²) < 4.78 is 0. The van der Waals surface area contributed by atoms with Crippen LogP contribution in [0.4, 0.5) is 0 Å². The molecule has 1 fully saturated rings. The zero-order valence-corrected chi connectivity index (χ0v) is 26.0. The van der Waals surface area contributed by atoms with Crippen LogP contribution in [0.2, 0.25) is 0 Å². The van der Waals surface area contributed by atoms with Crippen molar-refractivity contribution < 1.29 is 4.79 Å². The average Bonchev–Trinajstić information content (AvgIpc) is 3.25. The van der Waals surface area contributed by atoms with Crippen molar-refractivity contribution in [2.75, 3.05) is 13.1 Å². The molecule has 4 nitrogen and oxygen atoms in total. The van der Waals surface area contributed by atoms with E-state index in [0.29, 0.717) is 29.3 Å². The van der Waals surface area contributed by atoms with Gasteiger partial charge in [-0.1, -0.05) is 51.2 Å². The van der Waals surface area contributed by atoms with Gasteiger partial charge in [0, 0.05) is 48.8 Å². The maximum Gasteiger partial charge on any atom is 0.183 e. The summed E-state index contributed by atoms with van der Waals surface area (Å²) in [5.41, 5.74) is 13.1. The molecule has 216 valence electrons. The van der Waals surface area contributed by atoms with Crippen molar-refractivity contribution in [1.82, 2.24) is 9.88 Å². The molecule has 0 saturated carbocycles. The first-order chi connectivity index (χ1) is 19.7. The first kappa shape index (κ1) is 31.8. The second-order valence-corrected chi connectivity index (χ2v) is 11.0. The zero-order chi connectivity index (χ0) is 29.9. The minimum Gasteiger partial charge on any atom is -0.371 e. The molecule has 0 N–H and O–H groups in total. The van der Waals surface area contributed by atoms with Crippen LogP contribution in [0.15, 0.2) is 101 Å². The maximum atomic E-state index is 12.9. The van der Waals surface area contributed by atoms with Gasteiger partial charge in [-0.3, -0.25) is 14.8 Å². The van der Waals surface area contributed by atoms with Crippen molar-refractivity contribution in [2.24, 2.45) is 10.9 Å². The van der Waals surface area contributed by atoms with E-state index >= 15 is 0 Å². The third kappa shape index (κ3) is 8.62. The van der Waals surface area contributed by atoms with E-state index in [9.17, 15) is 4.79 Å². The van der Waals surface area contributed by atoms with Crippen LogP contribution in [0, 0.1) is 5.92 Å². The molecule has 0 amide bonds. The summed E-state index contributed by atoms with van der Waals surface area (Å²) in [6.07, 6.45) is 17.6. The van der Waals surface area contributed by atoms with Crippen LogP contribution in [-0.4, -0.2) is 34.5 Å². The standard InChI is InChI=1S/C37H47N3O/c1-9-13-31-18-21-40(20-17-27(31)6)34(12-4)15-14-33-23-29(8)37(41)25-36(39-33)35-24-32(16-19-38-35)30(11-3)22-28(7)26(5)10-2/h10,12,14-16,19,24-25,31H,6,8-9,11,13,17-18,20-21,23H2,1-5,7H3/b15-14-,26-10-,34-12+. The van der Waals surface area contributed by atoms with Crippen LogP contribution < -0.4 is 0 Å². The topological polar surface area (TPSA) is 45.6 Å². The molecule has 41 heavy (non-hydrogen) atoms. The third-order valence-corrected chi connectivity index (χ3v) is 8.13. The van der Waals surface area contributed by atoms with Crippen molar-refractivity contribution in [3.8, 4) is 0 Å². The SMILES string of the molecule is C=C1CC(/C=C\C(=C/C)N2CCC(=C)C(CCC)CC2)=NC(c2cc(C(=C=C(C)/C(C)=C\C)CC)ccn2)=CC1=O. The Labute approximate surface area is 248 Å². The van der Waals surface area contributed by atoms with Crippen molar-refractivity contribution >= 4 is 22.8 Å². The quantitative estimate of drug-likeness (QED) is 0.133. The van der Waals surface area contributed by atoms with Gasteiger partial charge in [-0.25, -0.2) is 0 Å². The van der Waals surface area contributed by atoms with Gasteiger partial charge in [-0.15, -0.1) is 5.73 Å². The highest BCUT2D eigenvalue weighted by Crippen LogP contribution is 2.29. The van der Waals surface area contributed by atoms with Crippen LogP contribution in [-0.2, 0) is 4.79 Å². The Kier molecular flexibility index (Phi) is 11.9. The molecule has 1 aromatic heterocycles. The van der Waals surface area contributed by atoms with Gasteiger partial charge in [0.15, 0.2) is 5.78 Å². The minimum atomic E-state index is -0.107. The summed E-state index contributed by atoms with van der Waals surface area (Å²) in [4.78, 5) is 24.9. The molecule has 3 rings (SSSR count). The Morgan fingerprint density at radius 1 is 1.17 bits per heavy atom. The molecule has 4 heteroatoms.